The molecule has 0 spiro atoms. The molecule has 0 aliphatic heterocycles. The zero-order valence-electron chi connectivity index (χ0n) is 14.1. The van der Waals surface area contributed by atoms with Crippen LogP contribution in [0.25, 0.3) is 21.8 Å². The molecule has 0 radical (unpaired) electrons. The van der Waals surface area contributed by atoms with Gasteiger partial charge in [-0.15, -0.1) is 11.3 Å². The van der Waals surface area contributed by atoms with Crippen molar-refractivity contribution < 1.29 is 0 Å². The number of halogens is 1. The van der Waals surface area contributed by atoms with Crippen molar-refractivity contribution in [2.45, 2.75) is 33.1 Å². The van der Waals surface area contributed by atoms with Gasteiger partial charge in [-0.05, 0) is 18.6 Å². The number of aromatic nitrogens is 3. The Balaban J connectivity index is 2.28. The van der Waals surface area contributed by atoms with Gasteiger partial charge >= 0.3 is 0 Å². The van der Waals surface area contributed by atoms with Crippen LogP contribution < -0.4 is 5.73 Å². The third kappa shape index (κ3) is 3.14. The van der Waals surface area contributed by atoms with Gasteiger partial charge in [0.25, 0.3) is 0 Å². The molecule has 2 N–H and O–H groups in total. The van der Waals surface area contributed by atoms with Crippen LogP contribution in [-0.4, -0.2) is 15.0 Å². The number of hydrogen-bond acceptors (Lipinski definition) is 5. The smallest absolute Gasteiger partial charge is 0.220 e. The molecule has 1 aromatic carbocycles. The molecular weight excluding hydrogens is 340 g/mol. The molecule has 3 rings (SSSR count). The summed E-state index contributed by atoms with van der Waals surface area (Å²) in [5.41, 5.74) is 9.25. The number of nitrogen functional groups attached to an aromatic ring is 1. The Morgan fingerprint density at radius 2 is 1.88 bits per heavy atom. The average molecular weight is 359 g/mol. The first kappa shape index (κ1) is 16.9. The fraction of sp³-hybridized carbons (Fsp3) is 0.278. The van der Waals surface area contributed by atoms with Gasteiger partial charge in [0, 0.05) is 17.2 Å². The van der Waals surface area contributed by atoms with E-state index in [4.69, 9.17) is 22.3 Å². The van der Waals surface area contributed by atoms with Crippen molar-refractivity contribution >= 4 is 28.9 Å². The third-order valence-corrected chi connectivity index (χ3v) is 5.63. The van der Waals surface area contributed by atoms with E-state index in [0.29, 0.717) is 5.02 Å². The van der Waals surface area contributed by atoms with E-state index in [2.05, 4.69) is 30.7 Å². The number of anilines is 1. The monoisotopic (exact) mass is 358 g/mol. The largest absolute Gasteiger partial charge is 0.368 e. The maximum atomic E-state index is 6.55. The van der Waals surface area contributed by atoms with Gasteiger partial charge in [0.2, 0.25) is 5.95 Å². The van der Waals surface area contributed by atoms with E-state index in [0.717, 1.165) is 32.4 Å². The second-order valence-electron chi connectivity index (χ2n) is 6.68. The highest BCUT2D eigenvalue weighted by atomic mass is 35.5. The van der Waals surface area contributed by atoms with Gasteiger partial charge in [0.05, 0.1) is 26.3 Å². The summed E-state index contributed by atoms with van der Waals surface area (Å²) in [6.45, 7) is 8.42. The van der Waals surface area contributed by atoms with Crippen molar-refractivity contribution in [1.29, 1.82) is 0 Å². The van der Waals surface area contributed by atoms with E-state index >= 15 is 0 Å². The lowest BCUT2D eigenvalue weighted by molar-refractivity contribution is 0.586. The van der Waals surface area contributed by atoms with E-state index in [9.17, 15) is 0 Å². The second kappa shape index (κ2) is 6.15. The van der Waals surface area contributed by atoms with Crippen molar-refractivity contribution in [1.82, 2.24) is 15.0 Å². The van der Waals surface area contributed by atoms with E-state index in [1.807, 2.05) is 31.2 Å². The van der Waals surface area contributed by atoms with Crippen LogP contribution in [0.4, 0.5) is 5.95 Å². The second-order valence-corrected chi connectivity index (χ2v) is 8.06. The molecule has 124 valence electrons. The molecule has 0 saturated heterocycles. The highest BCUT2D eigenvalue weighted by Crippen LogP contribution is 2.42. The van der Waals surface area contributed by atoms with Crippen LogP contribution in [0.3, 0.4) is 0 Å². The lowest BCUT2D eigenvalue weighted by atomic mass is 9.98. The fourth-order valence-corrected chi connectivity index (χ4v) is 3.65. The molecule has 0 aliphatic rings. The van der Waals surface area contributed by atoms with Crippen LogP contribution in [0, 0.1) is 6.92 Å². The molecule has 0 aliphatic carbocycles. The maximum Gasteiger partial charge on any atom is 0.220 e. The van der Waals surface area contributed by atoms with E-state index in [1.165, 1.54) is 0 Å². The van der Waals surface area contributed by atoms with E-state index in [-0.39, 0.29) is 11.4 Å². The van der Waals surface area contributed by atoms with Crippen LogP contribution in [0.1, 0.15) is 31.3 Å². The highest BCUT2D eigenvalue weighted by Gasteiger charge is 2.25. The molecule has 0 fully saturated rings. The van der Waals surface area contributed by atoms with Crippen molar-refractivity contribution in [3.63, 3.8) is 0 Å². The summed E-state index contributed by atoms with van der Waals surface area (Å²) in [5, 5.41) is 1.74. The standard InChI is InChI=1S/C18H19ClN4S/c1-10-6-5-7-11(13(10)19)14-15(12-8-9-21-17(20)22-12)24-16(23-14)18(2,3)4/h5-9H,1-4H3,(H2,20,21,22). The predicted molar refractivity (Wildman–Crippen MR) is 101 cm³/mol. The Kier molecular flexibility index (Phi) is 4.32. The summed E-state index contributed by atoms with van der Waals surface area (Å²) in [4.78, 5) is 14.2. The van der Waals surface area contributed by atoms with Gasteiger partial charge in [0.15, 0.2) is 0 Å². The maximum absolute atomic E-state index is 6.55. The van der Waals surface area contributed by atoms with E-state index < -0.39 is 0 Å². The Hall–Kier alpha value is -1.98. The summed E-state index contributed by atoms with van der Waals surface area (Å²) in [6.07, 6.45) is 1.66. The number of hydrogen-bond donors (Lipinski definition) is 1. The Morgan fingerprint density at radius 3 is 2.54 bits per heavy atom. The van der Waals surface area contributed by atoms with Crippen molar-refractivity contribution in [3.05, 3.63) is 46.1 Å². The molecule has 3 aromatic rings. The molecule has 4 nitrogen and oxygen atoms in total. The highest BCUT2D eigenvalue weighted by molar-refractivity contribution is 7.15. The number of thiazole rings is 1. The summed E-state index contributed by atoms with van der Waals surface area (Å²) in [5.74, 6) is 0.250. The van der Waals surface area contributed by atoms with Crippen LogP contribution >= 0.6 is 22.9 Å². The number of rotatable bonds is 2. The van der Waals surface area contributed by atoms with Gasteiger partial charge < -0.3 is 5.73 Å². The fourth-order valence-electron chi connectivity index (χ4n) is 2.33. The van der Waals surface area contributed by atoms with Gasteiger partial charge in [-0.1, -0.05) is 50.6 Å². The van der Waals surface area contributed by atoms with Gasteiger partial charge in [-0.2, -0.15) is 0 Å². The summed E-state index contributed by atoms with van der Waals surface area (Å²) in [6, 6.07) is 7.82. The predicted octanol–water partition coefficient (Wildman–Crippen LogP) is 5.11. The normalized spacial score (nSPS) is 11.7. The molecule has 2 heterocycles. The minimum Gasteiger partial charge on any atom is -0.368 e. The quantitative estimate of drug-likeness (QED) is 0.691. The average Bonchev–Trinajstić information content (AvgIpc) is 2.95. The Morgan fingerprint density at radius 1 is 1.12 bits per heavy atom. The molecule has 0 atom stereocenters. The first-order valence-electron chi connectivity index (χ1n) is 7.63. The molecule has 0 unspecified atom stereocenters. The Labute approximate surface area is 150 Å². The zero-order chi connectivity index (χ0) is 17.5. The molecule has 0 bridgehead atoms. The minimum atomic E-state index is -0.0630. The first-order chi connectivity index (χ1) is 11.3. The zero-order valence-corrected chi connectivity index (χ0v) is 15.7. The first-order valence-corrected chi connectivity index (χ1v) is 8.82. The van der Waals surface area contributed by atoms with Crippen molar-refractivity contribution in [2.24, 2.45) is 0 Å². The summed E-state index contributed by atoms with van der Waals surface area (Å²) in [7, 11) is 0. The van der Waals surface area contributed by atoms with Gasteiger partial charge in [-0.3, -0.25) is 0 Å². The number of nitrogens with zero attached hydrogens (tertiary/aromatic N) is 3. The molecule has 6 heteroatoms. The number of aryl methyl sites for hydroxylation is 1. The molecule has 0 amide bonds. The summed E-state index contributed by atoms with van der Waals surface area (Å²) >= 11 is 8.17. The van der Waals surface area contributed by atoms with Crippen LogP contribution in [0.15, 0.2) is 30.5 Å². The van der Waals surface area contributed by atoms with Crippen LogP contribution in [-0.2, 0) is 5.41 Å². The molecular formula is C18H19ClN4S. The SMILES string of the molecule is Cc1cccc(-c2nc(C(C)(C)C)sc2-c2ccnc(N)n2)c1Cl. The lowest BCUT2D eigenvalue weighted by Gasteiger charge is -2.13. The van der Waals surface area contributed by atoms with E-state index in [1.54, 1.807) is 17.5 Å². The summed E-state index contributed by atoms with van der Waals surface area (Å²) < 4.78 is 0. The van der Waals surface area contributed by atoms with Crippen molar-refractivity contribution in [3.8, 4) is 21.8 Å². The van der Waals surface area contributed by atoms with Crippen molar-refractivity contribution in [2.75, 3.05) is 5.73 Å². The topological polar surface area (TPSA) is 64.7 Å². The molecule has 2 aromatic heterocycles. The molecule has 0 saturated carbocycles. The number of nitrogens with two attached hydrogens (primary N) is 1. The van der Waals surface area contributed by atoms with Crippen LogP contribution in [0.5, 0.6) is 0 Å². The number of benzene rings is 1. The minimum absolute atomic E-state index is 0.0630. The lowest BCUT2D eigenvalue weighted by Crippen LogP contribution is -2.10. The molecule has 24 heavy (non-hydrogen) atoms. The van der Waals surface area contributed by atoms with Crippen LogP contribution in [0.2, 0.25) is 5.02 Å². The third-order valence-electron chi connectivity index (χ3n) is 3.62. The van der Waals surface area contributed by atoms with Gasteiger partial charge in [0.1, 0.15) is 0 Å². The Bertz CT molecular complexity index is 896. The van der Waals surface area contributed by atoms with Gasteiger partial charge in [-0.25, -0.2) is 15.0 Å².